The van der Waals surface area contributed by atoms with Crippen LogP contribution in [0.15, 0.2) is 35.9 Å². The Bertz CT molecular complexity index is 1760. The molecule has 1 heterocycles. The monoisotopic (exact) mass is 590 g/mol. The molecule has 12 heteroatoms. The number of benzene rings is 2. The van der Waals surface area contributed by atoms with Crippen LogP contribution in [-0.4, -0.2) is 73.6 Å². The van der Waals surface area contributed by atoms with Gasteiger partial charge in [0.15, 0.2) is 17.3 Å². The van der Waals surface area contributed by atoms with E-state index in [2.05, 4.69) is 0 Å². The second-order valence-corrected chi connectivity index (χ2v) is 11.3. The van der Waals surface area contributed by atoms with Crippen molar-refractivity contribution in [3.05, 3.63) is 69.3 Å². The molecule has 4 atom stereocenters. The van der Waals surface area contributed by atoms with E-state index in [1.54, 1.807) is 6.92 Å². The summed E-state index contributed by atoms with van der Waals surface area (Å²) in [6.07, 6.45) is -0.945. The number of aryl methyl sites for hydroxylation is 1. The lowest BCUT2D eigenvalue weighted by Crippen LogP contribution is -2.58. The molecule has 2 bridgehead atoms. The number of methoxy groups -OCH3 is 1. The topological polar surface area (TPSA) is 205 Å². The standard InChI is InChI=1S/C31H26O12/c1-12-7-15-22(16(32)8-12)27(39)24-25(37)14-5-6-30(24,28(15)40)10-13-9-18-23(26(38)21(13)14)17(33)11-31(43-18,29(41)42-2)19(34)3-4-20(35)36/h5-9,14,19,32,34,38-39H,3-4,10-11H2,1-2H3,(H,35,36)/t14-,19-,30-,31+/m0/s1. The Labute approximate surface area is 243 Å². The van der Waals surface area contributed by atoms with Gasteiger partial charge in [-0.15, -0.1) is 0 Å². The van der Waals surface area contributed by atoms with Gasteiger partial charge in [-0.05, 0) is 49.1 Å². The van der Waals surface area contributed by atoms with E-state index < -0.39 is 83.1 Å². The van der Waals surface area contributed by atoms with Crippen molar-refractivity contribution in [1.82, 2.24) is 0 Å². The molecule has 5 aliphatic rings. The Kier molecular flexibility index (Phi) is 6.07. The number of aliphatic hydroxyl groups excluding tert-OH is 2. The Balaban J connectivity index is 1.54. The number of carboxylic acid groups (broad SMARTS) is 1. The molecule has 0 fully saturated rings. The number of hydrogen-bond donors (Lipinski definition) is 5. The molecule has 222 valence electrons. The van der Waals surface area contributed by atoms with Crippen molar-refractivity contribution in [2.45, 2.75) is 50.2 Å². The lowest BCUT2D eigenvalue weighted by Gasteiger charge is -2.39. The van der Waals surface area contributed by atoms with Crippen LogP contribution >= 0.6 is 0 Å². The van der Waals surface area contributed by atoms with Crippen LogP contribution in [0.3, 0.4) is 0 Å². The van der Waals surface area contributed by atoms with Crippen LogP contribution in [0.2, 0.25) is 0 Å². The molecule has 0 amide bonds. The maximum atomic E-state index is 14.1. The Morgan fingerprint density at radius 2 is 1.81 bits per heavy atom. The van der Waals surface area contributed by atoms with Crippen molar-refractivity contribution in [2.75, 3.05) is 7.11 Å². The minimum absolute atomic E-state index is 0.00188. The molecule has 2 aromatic carbocycles. The summed E-state index contributed by atoms with van der Waals surface area (Å²) in [5.74, 6) is -7.63. The van der Waals surface area contributed by atoms with Crippen molar-refractivity contribution in [1.29, 1.82) is 0 Å². The third-order valence-corrected chi connectivity index (χ3v) is 8.80. The van der Waals surface area contributed by atoms with Gasteiger partial charge in [-0.3, -0.25) is 19.2 Å². The summed E-state index contributed by atoms with van der Waals surface area (Å²) >= 11 is 0. The molecule has 7 rings (SSSR count). The van der Waals surface area contributed by atoms with Crippen LogP contribution in [0.25, 0.3) is 5.76 Å². The first kappa shape index (κ1) is 28.2. The van der Waals surface area contributed by atoms with Crippen LogP contribution in [0.4, 0.5) is 0 Å². The number of phenolic OH excluding ortho intramolecular Hbond substituents is 2. The van der Waals surface area contributed by atoms with Crippen LogP contribution in [-0.2, 0) is 25.5 Å². The van der Waals surface area contributed by atoms with Gasteiger partial charge in [0.25, 0.3) is 0 Å². The molecule has 1 spiro atoms. The first-order valence-corrected chi connectivity index (χ1v) is 13.4. The predicted octanol–water partition coefficient (Wildman–Crippen LogP) is 2.44. The highest BCUT2D eigenvalue weighted by molar-refractivity contribution is 6.23. The maximum Gasteiger partial charge on any atom is 0.353 e. The summed E-state index contributed by atoms with van der Waals surface area (Å²) in [4.78, 5) is 65.6. The Morgan fingerprint density at radius 1 is 1.09 bits per heavy atom. The van der Waals surface area contributed by atoms with E-state index in [1.165, 1.54) is 30.4 Å². The van der Waals surface area contributed by atoms with Gasteiger partial charge < -0.3 is 35.0 Å². The minimum Gasteiger partial charge on any atom is -0.507 e. The van der Waals surface area contributed by atoms with Gasteiger partial charge in [0.2, 0.25) is 5.60 Å². The average molecular weight is 591 g/mol. The number of ether oxygens (including phenoxy) is 2. The lowest BCUT2D eigenvalue weighted by molar-refractivity contribution is -0.172. The Hall–Kier alpha value is -4.97. The third-order valence-electron chi connectivity index (χ3n) is 8.80. The number of allylic oxidation sites excluding steroid dienone is 3. The molecule has 1 aliphatic heterocycles. The van der Waals surface area contributed by atoms with Gasteiger partial charge in [-0.25, -0.2) is 4.79 Å². The van der Waals surface area contributed by atoms with Gasteiger partial charge in [0.1, 0.15) is 34.7 Å². The fraction of sp³-hybridized carbons (Fsp3) is 0.323. The van der Waals surface area contributed by atoms with E-state index >= 15 is 0 Å². The first-order chi connectivity index (χ1) is 20.3. The molecule has 0 aromatic heterocycles. The quantitative estimate of drug-likeness (QED) is 0.252. The first-order valence-electron chi connectivity index (χ1n) is 13.4. The number of fused-ring (bicyclic) bond motifs is 2. The molecule has 0 unspecified atom stereocenters. The van der Waals surface area contributed by atoms with Gasteiger partial charge in [-0.1, -0.05) is 12.2 Å². The lowest BCUT2D eigenvalue weighted by atomic mass is 9.62. The van der Waals surface area contributed by atoms with Crippen LogP contribution < -0.4 is 4.74 Å². The number of ketones is 3. The summed E-state index contributed by atoms with van der Waals surface area (Å²) in [6, 6.07) is 4.14. The molecule has 0 radical (unpaired) electrons. The predicted molar refractivity (Wildman–Crippen MR) is 145 cm³/mol. The van der Waals surface area contributed by atoms with Crippen molar-refractivity contribution in [3.8, 4) is 17.2 Å². The van der Waals surface area contributed by atoms with E-state index in [-0.39, 0.29) is 51.3 Å². The van der Waals surface area contributed by atoms with Crippen LogP contribution in [0, 0.1) is 12.3 Å². The molecule has 0 saturated carbocycles. The third kappa shape index (κ3) is 3.69. The summed E-state index contributed by atoms with van der Waals surface area (Å²) in [7, 11) is 1.01. The second-order valence-electron chi connectivity index (χ2n) is 11.3. The number of Topliss-reactive ketones (excluding diaryl/α,β-unsaturated/α-hetero) is 3. The van der Waals surface area contributed by atoms with Gasteiger partial charge in [0.05, 0.1) is 36.0 Å². The number of aliphatic hydroxyl groups is 2. The number of carbonyl (C=O) groups excluding carboxylic acids is 4. The Morgan fingerprint density at radius 3 is 2.49 bits per heavy atom. The average Bonchev–Trinajstić information content (AvgIpc) is 3.17. The number of phenols is 2. The maximum absolute atomic E-state index is 14.1. The molecule has 2 aromatic rings. The van der Waals surface area contributed by atoms with Crippen LogP contribution in [0.5, 0.6) is 17.2 Å². The highest BCUT2D eigenvalue weighted by Crippen LogP contribution is 2.58. The molecule has 43 heavy (non-hydrogen) atoms. The van der Waals surface area contributed by atoms with E-state index in [0.717, 1.165) is 7.11 Å². The number of esters is 1. The fourth-order valence-corrected chi connectivity index (χ4v) is 6.86. The zero-order valence-corrected chi connectivity index (χ0v) is 23.0. The summed E-state index contributed by atoms with van der Waals surface area (Å²) in [5.41, 5.74) is -4.11. The van der Waals surface area contributed by atoms with E-state index in [1.807, 2.05) is 0 Å². The van der Waals surface area contributed by atoms with Crippen molar-refractivity contribution < 1.29 is 59.0 Å². The fourth-order valence-electron chi connectivity index (χ4n) is 6.86. The molecule has 4 aliphatic carbocycles. The van der Waals surface area contributed by atoms with E-state index in [4.69, 9.17) is 14.6 Å². The summed E-state index contributed by atoms with van der Waals surface area (Å²) in [5, 5.41) is 53.4. The molecule has 5 N–H and O–H groups in total. The second kappa shape index (κ2) is 9.27. The van der Waals surface area contributed by atoms with E-state index in [9.17, 15) is 44.4 Å². The number of aliphatic carboxylic acids is 1. The normalized spacial score (nSPS) is 25.7. The summed E-state index contributed by atoms with van der Waals surface area (Å²) in [6.45, 7) is 1.65. The van der Waals surface area contributed by atoms with Gasteiger partial charge >= 0.3 is 11.9 Å². The molecule has 12 nitrogen and oxygen atoms in total. The zero-order valence-electron chi connectivity index (χ0n) is 23.0. The van der Waals surface area contributed by atoms with Crippen molar-refractivity contribution >= 4 is 35.0 Å². The molecule has 0 saturated heterocycles. The minimum atomic E-state index is -2.33. The number of carboxylic acids is 1. The SMILES string of the molecule is COC(=O)[C@]1([C@@H](O)CCC(=O)O)CC(=O)c2c(cc3c(c2O)[C@@H]2C=C[C@@]4(C3)C(=O)c3cc(C)cc(O)c3C(O)=C4C2=O)O1. The van der Waals surface area contributed by atoms with Gasteiger partial charge in [0, 0.05) is 17.5 Å². The van der Waals surface area contributed by atoms with Crippen molar-refractivity contribution in [3.63, 3.8) is 0 Å². The number of rotatable bonds is 5. The summed E-state index contributed by atoms with van der Waals surface area (Å²) < 4.78 is 10.7. The highest BCUT2D eigenvalue weighted by atomic mass is 16.6. The van der Waals surface area contributed by atoms with Gasteiger partial charge in [-0.2, -0.15) is 0 Å². The van der Waals surface area contributed by atoms with E-state index in [0.29, 0.717) is 5.56 Å². The van der Waals surface area contributed by atoms with Crippen molar-refractivity contribution in [2.24, 2.45) is 5.41 Å². The molecular weight excluding hydrogens is 564 g/mol. The molecular formula is C31H26O12. The smallest absolute Gasteiger partial charge is 0.353 e. The number of carbonyl (C=O) groups is 5. The number of aromatic hydroxyl groups is 2. The highest BCUT2D eigenvalue weighted by Gasteiger charge is 2.58. The largest absolute Gasteiger partial charge is 0.507 e. The number of hydrogen-bond acceptors (Lipinski definition) is 11. The van der Waals surface area contributed by atoms with Crippen LogP contribution in [0.1, 0.15) is 68.2 Å². The zero-order chi connectivity index (χ0) is 31.2.